The first-order valence-electron chi connectivity index (χ1n) is 15.6. The number of rotatable bonds is 5. The van der Waals surface area contributed by atoms with Gasteiger partial charge in [0.15, 0.2) is 70.2 Å². The third-order valence-electron chi connectivity index (χ3n) is 8.64. The van der Waals surface area contributed by atoms with Crippen molar-refractivity contribution in [2.45, 2.75) is 30.7 Å². The van der Waals surface area contributed by atoms with E-state index in [1.165, 1.54) is 0 Å². The Balaban J connectivity index is 1.51. The van der Waals surface area contributed by atoms with Crippen molar-refractivity contribution >= 4 is 23.9 Å². The summed E-state index contributed by atoms with van der Waals surface area (Å²) in [6, 6.07) is 2.60. The molecule has 0 radical (unpaired) electrons. The predicted molar refractivity (Wildman–Crippen MR) is 176 cm³/mol. The number of fused-ring (bicyclic) bond motifs is 4. The Morgan fingerprint density at radius 3 is 1.81 bits per heavy atom. The molecule has 6 rings (SSSR count). The molecule has 23 heteroatoms. The van der Waals surface area contributed by atoms with Gasteiger partial charge in [-0.25, -0.2) is 19.2 Å². The molecular formula is C34H26O23. The number of cyclic esters (lactones) is 1. The van der Waals surface area contributed by atoms with E-state index >= 15 is 0 Å². The zero-order chi connectivity index (χ0) is 41.9. The molecule has 14 N–H and O–H groups in total. The van der Waals surface area contributed by atoms with Crippen LogP contribution in [0, 0.1) is 0 Å². The zero-order valence-corrected chi connectivity index (χ0v) is 27.9. The summed E-state index contributed by atoms with van der Waals surface area (Å²) in [5.74, 6) is -22.8. The molecule has 5 atom stereocenters. The lowest BCUT2D eigenvalue weighted by Crippen LogP contribution is -2.61. The number of aromatic carboxylic acids is 1. The maximum atomic E-state index is 13.9. The SMILES string of the molecule is O=C(O[C@@H]1[C@@H](O)[C@H](O)O[C@@H]2COC(=O)c3cc(Oc4c(C(=O)O)cc(O)c(O)c4O)c(O)c(O)c3-c3c(cc(O)c(O)c3O)C(=O)O[C@H]12)c1cc(O)c(O)c(O)c1. The average Bonchev–Trinajstić information content (AvgIpc) is 3.17. The number of aliphatic hydroxyl groups is 2. The molecule has 2 aliphatic heterocycles. The van der Waals surface area contributed by atoms with Gasteiger partial charge in [-0.05, 0) is 18.2 Å². The van der Waals surface area contributed by atoms with Crippen molar-refractivity contribution in [1.82, 2.24) is 0 Å². The van der Waals surface area contributed by atoms with Crippen LogP contribution in [-0.4, -0.2) is 133 Å². The van der Waals surface area contributed by atoms with Crippen LogP contribution in [-0.2, 0) is 18.9 Å². The minimum Gasteiger partial charge on any atom is -0.504 e. The fourth-order valence-electron chi connectivity index (χ4n) is 5.84. The molecule has 300 valence electrons. The molecule has 2 aliphatic rings. The van der Waals surface area contributed by atoms with Gasteiger partial charge in [0.1, 0.15) is 24.4 Å². The van der Waals surface area contributed by atoms with Gasteiger partial charge in [0.25, 0.3) is 0 Å². The quantitative estimate of drug-likeness (QED) is 0.0746. The summed E-state index contributed by atoms with van der Waals surface area (Å²) >= 11 is 0. The smallest absolute Gasteiger partial charge is 0.339 e. The molecule has 1 saturated heterocycles. The molecular weight excluding hydrogens is 776 g/mol. The van der Waals surface area contributed by atoms with Gasteiger partial charge in [-0.3, -0.25) is 0 Å². The number of aliphatic hydroxyl groups excluding tert-OH is 2. The number of carbonyl (C=O) groups excluding carboxylic acids is 3. The van der Waals surface area contributed by atoms with Gasteiger partial charge in [-0.15, -0.1) is 0 Å². The van der Waals surface area contributed by atoms with Crippen molar-refractivity contribution < 1.29 is 114 Å². The number of ether oxygens (including phenoxy) is 5. The van der Waals surface area contributed by atoms with Gasteiger partial charge in [-0.1, -0.05) is 0 Å². The first-order valence-corrected chi connectivity index (χ1v) is 15.6. The maximum absolute atomic E-state index is 13.9. The Kier molecular flexibility index (Phi) is 9.67. The van der Waals surface area contributed by atoms with Crippen LogP contribution in [0.25, 0.3) is 11.1 Å². The van der Waals surface area contributed by atoms with Crippen LogP contribution in [0.5, 0.6) is 74.7 Å². The number of carbonyl (C=O) groups is 4. The van der Waals surface area contributed by atoms with E-state index in [9.17, 15) is 90.7 Å². The molecule has 0 saturated carbocycles. The lowest BCUT2D eigenvalue weighted by atomic mass is 9.91. The van der Waals surface area contributed by atoms with E-state index in [0.29, 0.717) is 30.3 Å². The van der Waals surface area contributed by atoms with Crippen LogP contribution in [0.3, 0.4) is 0 Å². The van der Waals surface area contributed by atoms with E-state index in [4.69, 9.17) is 23.7 Å². The second kappa shape index (κ2) is 14.1. The third kappa shape index (κ3) is 6.58. The van der Waals surface area contributed by atoms with Gasteiger partial charge in [0.05, 0.1) is 16.7 Å². The summed E-state index contributed by atoms with van der Waals surface area (Å²) in [5.41, 5.74) is -5.91. The van der Waals surface area contributed by atoms with Crippen LogP contribution in [0.15, 0.2) is 30.3 Å². The second-order valence-corrected chi connectivity index (χ2v) is 12.1. The highest BCUT2D eigenvalue weighted by molar-refractivity contribution is 6.08. The number of phenols is 11. The highest BCUT2D eigenvalue weighted by atomic mass is 16.7. The van der Waals surface area contributed by atoms with Crippen molar-refractivity contribution in [3.8, 4) is 85.9 Å². The van der Waals surface area contributed by atoms with E-state index in [-0.39, 0.29) is 0 Å². The average molecular weight is 803 g/mol. The number of hydrogen-bond donors (Lipinski definition) is 14. The van der Waals surface area contributed by atoms with Gasteiger partial charge < -0.3 is 95.2 Å². The molecule has 0 unspecified atom stereocenters. The maximum Gasteiger partial charge on any atom is 0.339 e. The van der Waals surface area contributed by atoms with Crippen molar-refractivity contribution in [2.24, 2.45) is 0 Å². The molecule has 2 heterocycles. The molecule has 0 spiro atoms. The molecule has 4 aromatic rings. The number of carboxylic acids is 1. The van der Waals surface area contributed by atoms with E-state index in [1.54, 1.807) is 0 Å². The number of benzene rings is 4. The first kappa shape index (κ1) is 38.9. The number of aromatic hydroxyl groups is 11. The second-order valence-electron chi connectivity index (χ2n) is 12.1. The van der Waals surface area contributed by atoms with Crippen molar-refractivity contribution in [1.29, 1.82) is 0 Å². The Labute approximate surface area is 314 Å². The Morgan fingerprint density at radius 2 is 1.19 bits per heavy atom. The van der Waals surface area contributed by atoms with Crippen molar-refractivity contribution in [3.05, 3.63) is 52.6 Å². The van der Waals surface area contributed by atoms with Gasteiger partial charge in [-0.2, -0.15) is 0 Å². The zero-order valence-electron chi connectivity index (χ0n) is 27.9. The van der Waals surface area contributed by atoms with E-state index < -0.39 is 169 Å². The Hall–Kier alpha value is -7.76. The topological polar surface area (TPSA) is 398 Å². The Morgan fingerprint density at radius 1 is 0.649 bits per heavy atom. The summed E-state index contributed by atoms with van der Waals surface area (Å²) in [4.78, 5) is 52.8. The standard InChI is InChI=1S/C34H26O23/c35-11-1-7(2-12(36)19(11)39)31(49)57-29-26(46)34(52)55-16-6-53-32(50)9-5-15(54-27-10(30(47)48)4-14(38)21(41)25(27)45)22(42)24(44)18(9)17-8(33(51)56-28(16)29)3-13(37)20(40)23(17)43/h1-5,16,26,28-29,34-46,52H,6H2,(H,47,48)/t16-,26-,28+,29-,34-/m1/s1. The van der Waals surface area contributed by atoms with Crippen LogP contribution in [0.1, 0.15) is 41.4 Å². The van der Waals surface area contributed by atoms with Crippen LogP contribution >= 0.6 is 0 Å². The largest absolute Gasteiger partial charge is 0.504 e. The number of esters is 3. The highest BCUT2D eigenvalue weighted by Gasteiger charge is 2.51. The van der Waals surface area contributed by atoms with Gasteiger partial charge >= 0.3 is 23.9 Å². The third-order valence-corrected chi connectivity index (χ3v) is 8.64. The lowest BCUT2D eigenvalue weighted by molar-refractivity contribution is -0.285. The van der Waals surface area contributed by atoms with E-state index in [2.05, 4.69) is 0 Å². The monoisotopic (exact) mass is 802 g/mol. The van der Waals surface area contributed by atoms with Crippen LogP contribution in [0.2, 0.25) is 0 Å². The van der Waals surface area contributed by atoms with Gasteiger partial charge in [0.2, 0.25) is 23.0 Å². The lowest BCUT2D eigenvalue weighted by Gasteiger charge is -2.41. The molecule has 0 aromatic heterocycles. The molecule has 57 heavy (non-hydrogen) atoms. The normalized spacial score (nSPS) is 20.4. The van der Waals surface area contributed by atoms with Crippen LogP contribution in [0.4, 0.5) is 0 Å². The van der Waals surface area contributed by atoms with Crippen molar-refractivity contribution in [3.63, 3.8) is 0 Å². The highest BCUT2D eigenvalue weighted by Crippen LogP contribution is 2.55. The Bertz CT molecular complexity index is 2360. The predicted octanol–water partition coefficient (Wildman–Crippen LogP) is 0.605. The van der Waals surface area contributed by atoms with E-state index in [0.717, 1.165) is 0 Å². The number of carboxylic acid groups (broad SMARTS) is 1. The summed E-state index contributed by atoms with van der Waals surface area (Å²) in [6.45, 7) is -1.11. The van der Waals surface area contributed by atoms with Crippen LogP contribution < -0.4 is 4.74 Å². The molecule has 1 fully saturated rings. The summed E-state index contributed by atoms with van der Waals surface area (Å²) in [7, 11) is 0. The molecule has 4 aromatic carbocycles. The van der Waals surface area contributed by atoms with E-state index in [1.807, 2.05) is 0 Å². The minimum atomic E-state index is -2.29. The summed E-state index contributed by atoms with van der Waals surface area (Å²) in [5, 5.41) is 145. The molecule has 0 bridgehead atoms. The first-order chi connectivity index (χ1) is 26.7. The number of hydrogen-bond acceptors (Lipinski definition) is 22. The molecule has 23 nitrogen and oxygen atoms in total. The van der Waals surface area contributed by atoms with Gasteiger partial charge in [0, 0.05) is 23.3 Å². The molecule has 0 aliphatic carbocycles. The minimum absolute atomic E-state index is 0.423. The number of phenolic OH excluding ortho intramolecular Hbond substituents is 11. The summed E-state index contributed by atoms with van der Waals surface area (Å²) < 4.78 is 26.5. The fourth-order valence-corrected chi connectivity index (χ4v) is 5.84. The van der Waals surface area contributed by atoms with Crippen molar-refractivity contribution in [2.75, 3.05) is 6.61 Å². The summed E-state index contributed by atoms with van der Waals surface area (Å²) in [6.07, 6.45) is -10.8. The molecule has 0 amide bonds. The fraction of sp³-hybridized carbons (Fsp3) is 0.176.